The van der Waals surface area contributed by atoms with E-state index in [2.05, 4.69) is 5.32 Å². The van der Waals surface area contributed by atoms with Gasteiger partial charge in [-0.25, -0.2) is 0 Å². The highest BCUT2D eigenvalue weighted by molar-refractivity contribution is 7.99. The van der Waals surface area contributed by atoms with E-state index in [9.17, 15) is 14.4 Å². The summed E-state index contributed by atoms with van der Waals surface area (Å²) in [6.07, 6.45) is 4.09. The maximum atomic E-state index is 12.8. The first kappa shape index (κ1) is 18.1. The van der Waals surface area contributed by atoms with Gasteiger partial charge in [0.2, 0.25) is 17.7 Å². The zero-order valence-electron chi connectivity index (χ0n) is 14.0. The Morgan fingerprint density at radius 1 is 1.22 bits per heavy atom. The summed E-state index contributed by atoms with van der Waals surface area (Å²) in [5.41, 5.74) is 0. The lowest BCUT2D eigenvalue weighted by Crippen LogP contribution is -2.52. The molecule has 1 saturated carbocycles. The van der Waals surface area contributed by atoms with E-state index < -0.39 is 6.04 Å². The smallest absolute Gasteiger partial charge is 0.246 e. The lowest BCUT2D eigenvalue weighted by molar-refractivity contribution is -0.146. The predicted molar refractivity (Wildman–Crippen MR) is 90.9 cm³/mol. The van der Waals surface area contributed by atoms with Crippen molar-refractivity contribution in [3.63, 3.8) is 0 Å². The van der Waals surface area contributed by atoms with Crippen molar-refractivity contribution in [1.82, 2.24) is 15.1 Å². The topological polar surface area (TPSA) is 69.7 Å². The molecule has 2 rings (SSSR count). The summed E-state index contributed by atoms with van der Waals surface area (Å²) in [5, 5.41) is 2.72. The van der Waals surface area contributed by atoms with Gasteiger partial charge >= 0.3 is 0 Å². The molecule has 7 heteroatoms. The van der Waals surface area contributed by atoms with E-state index in [0.29, 0.717) is 24.7 Å². The van der Waals surface area contributed by atoms with Crippen molar-refractivity contribution in [2.75, 3.05) is 31.3 Å². The van der Waals surface area contributed by atoms with Gasteiger partial charge in [0.1, 0.15) is 6.04 Å². The van der Waals surface area contributed by atoms with Crippen LogP contribution in [-0.4, -0.2) is 64.8 Å². The van der Waals surface area contributed by atoms with Gasteiger partial charge in [0.25, 0.3) is 0 Å². The van der Waals surface area contributed by atoms with Crippen molar-refractivity contribution < 1.29 is 14.4 Å². The number of amides is 3. The molecule has 130 valence electrons. The molecule has 1 heterocycles. The molecule has 1 aliphatic heterocycles. The number of thioether (sulfide) groups is 1. The fraction of sp³-hybridized carbons (Fsp3) is 0.812. The lowest BCUT2D eigenvalue weighted by Gasteiger charge is -2.30. The van der Waals surface area contributed by atoms with Crippen molar-refractivity contribution in [2.24, 2.45) is 5.92 Å². The van der Waals surface area contributed by atoms with Crippen LogP contribution in [0.15, 0.2) is 0 Å². The normalized spacial score (nSPS) is 21.5. The molecular weight excluding hydrogens is 314 g/mol. The highest BCUT2D eigenvalue weighted by atomic mass is 32.2. The second-order valence-corrected chi connectivity index (χ2v) is 7.11. The van der Waals surface area contributed by atoms with Crippen LogP contribution in [0, 0.1) is 5.92 Å². The third-order valence-electron chi connectivity index (χ3n) is 4.56. The minimum atomic E-state index is -0.414. The molecule has 0 aromatic carbocycles. The fourth-order valence-corrected chi connectivity index (χ4v) is 4.41. The van der Waals surface area contributed by atoms with Gasteiger partial charge in [-0.05, 0) is 26.7 Å². The van der Waals surface area contributed by atoms with Crippen LogP contribution < -0.4 is 5.32 Å². The molecule has 1 aliphatic carbocycles. The van der Waals surface area contributed by atoms with Gasteiger partial charge in [-0.3, -0.25) is 14.4 Å². The van der Waals surface area contributed by atoms with E-state index in [1.807, 2.05) is 13.8 Å². The van der Waals surface area contributed by atoms with Crippen LogP contribution in [0.25, 0.3) is 0 Å². The van der Waals surface area contributed by atoms with Crippen molar-refractivity contribution in [2.45, 2.75) is 45.6 Å². The Morgan fingerprint density at radius 2 is 1.91 bits per heavy atom. The second kappa shape index (κ2) is 8.57. The van der Waals surface area contributed by atoms with Crippen LogP contribution in [-0.2, 0) is 14.4 Å². The molecule has 1 atom stereocenters. The largest absolute Gasteiger partial charge is 0.355 e. The van der Waals surface area contributed by atoms with Crippen LogP contribution in [0.4, 0.5) is 0 Å². The first-order valence-corrected chi connectivity index (χ1v) is 9.67. The van der Waals surface area contributed by atoms with Gasteiger partial charge in [0.05, 0.1) is 12.4 Å². The van der Waals surface area contributed by atoms with Crippen LogP contribution in [0.5, 0.6) is 0 Å². The van der Waals surface area contributed by atoms with Crippen LogP contribution in [0.3, 0.4) is 0 Å². The maximum absolute atomic E-state index is 12.8. The molecule has 6 nitrogen and oxygen atoms in total. The van der Waals surface area contributed by atoms with Gasteiger partial charge in [0.15, 0.2) is 0 Å². The molecule has 23 heavy (non-hydrogen) atoms. The lowest BCUT2D eigenvalue weighted by atomic mass is 10.1. The van der Waals surface area contributed by atoms with E-state index in [1.165, 1.54) is 0 Å². The predicted octanol–water partition coefficient (Wildman–Crippen LogP) is 1.06. The van der Waals surface area contributed by atoms with E-state index in [0.717, 1.165) is 25.7 Å². The molecular formula is C16H27N3O3S. The molecule has 3 amide bonds. The number of likely N-dealkylation sites (N-methyl/N-ethyl adjacent to an activating group) is 2. The van der Waals surface area contributed by atoms with Crippen LogP contribution in [0.2, 0.25) is 0 Å². The summed E-state index contributed by atoms with van der Waals surface area (Å²) in [4.78, 5) is 40.5. The van der Waals surface area contributed by atoms with Gasteiger partial charge in [0, 0.05) is 24.8 Å². The SMILES string of the molecule is CCNC(=O)CN(CC)C(=O)[C@H]1CSCN1C(=O)C1CCCC1. The Hall–Kier alpha value is -1.24. The standard InChI is InChI=1S/C16H27N3O3S/c1-3-17-14(20)9-18(4-2)16(22)13-10-23-11-19(13)15(21)12-7-5-6-8-12/h12-13H,3-11H2,1-2H3,(H,17,20)/t13-/m1/s1. The number of rotatable bonds is 6. The monoisotopic (exact) mass is 341 g/mol. The highest BCUT2D eigenvalue weighted by Crippen LogP contribution is 2.31. The first-order valence-electron chi connectivity index (χ1n) is 8.52. The molecule has 0 radical (unpaired) electrons. The number of hydrogen-bond donors (Lipinski definition) is 1. The molecule has 0 aromatic rings. The Morgan fingerprint density at radius 3 is 2.52 bits per heavy atom. The zero-order chi connectivity index (χ0) is 16.8. The van der Waals surface area contributed by atoms with Crippen LogP contribution >= 0.6 is 11.8 Å². The number of carbonyl (C=O) groups is 3. The Labute approximate surface area is 142 Å². The zero-order valence-corrected chi connectivity index (χ0v) is 14.9. The minimum Gasteiger partial charge on any atom is -0.355 e. The summed E-state index contributed by atoms with van der Waals surface area (Å²) >= 11 is 1.62. The van der Waals surface area contributed by atoms with Gasteiger partial charge in [-0.1, -0.05) is 12.8 Å². The molecule has 0 unspecified atom stereocenters. The second-order valence-electron chi connectivity index (χ2n) is 6.11. The summed E-state index contributed by atoms with van der Waals surface area (Å²) in [5.74, 6) is 1.17. The molecule has 0 bridgehead atoms. The fourth-order valence-electron chi connectivity index (χ4n) is 3.25. The Kier molecular flexibility index (Phi) is 6.74. The molecule has 2 aliphatic rings. The third kappa shape index (κ3) is 4.40. The summed E-state index contributed by atoms with van der Waals surface area (Å²) in [6, 6.07) is -0.414. The summed E-state index contributed by atoms with van der Waals surface area (Å²) in [7, 11) is 0. The van der Waals surface area contributed by atoms with E-state index in [1.54, 1.807) is 21.6 Å². The number of nitrogens with zero attached hydrogens (tertiary/aromatic N) is 2. The minimum absolute atomic E-state index is 0.0653. The van der Waals surface area contributed by atoms with Gasteiger partial charge in [-0.2, -0.15) is 0 Å². The van der Waals surface area contributed by atoms with Crippen molar-refractivity contribution in [1.29, 1.82) is 0 Å². The Bertz CT molecular complexity index is 452. The van der Waals surface area contributed by atoms with E-state index in [4.69, 9.17) is 0 Å². The van der Waals surface area contributed by atoms with E-state index >= 15 is 0 Å². The molecule has 2 fully saturated rings. The highest BCUT2D eigenvalue weighted by Gasteiger charge is 2.39. The first-order chi connectivity index (χ1) is 11.1. The van der Waals surface area contributed by atoms with Gasteiger partial charge in [-0.15, -0.1) is 11.8 Å². The maximum Gasteiger partial charge on any atom is 0.246 e. The number of carbonyl (C=O) groups excluding carboxylic acids is 3. The summed E-state index contributed by atoms with van der Waals surface area (Å²) < 4.78 is 0. The van der Waals surface area contributed by atoms with Crippen molar-refractivity contribution in [3.05, 3.63) is 0 Å². The average molecular weight is 341 g/mol. The van der Waals surface area contributed by atoms with E-state index in [-0.39, 0.29) is 30.2 Å². The third-order valence-corrected chi connectivity index (χ3v) is 5.57. The van der Waals surface area contributed by atoms with Gasteiger partial charge < -0.3 is 15.1 Å². The molecule has 0 spiro atoms. The summed E-state index contributed by atoms with van der Waals surface area (Å²) in [6.45, 7) is 4.81. The molecule has 0 aromatic heterocycles. The number of hydrogen-bond acceptors (Lipinski definition) is 4. The number of nitrogens with one attached hydrogen (secondary N) is 1. The average Bonchev–Trinajstić information content (AvgIpc) is 3.22. The molecule has 1 N–H and O–H groups in total. The Balaban J connectivity index is 2.00. The quantitative estimate of drug-likeness (QED) is 0.784. The van der Waals surface area contributed by atoms with Crippen molar-refractivity contribution in [3.8, 4) is 0 Å². The van der Waals surface area contributed by atoms with Crippen LogP contribution in [0.1, 0.15) is 39.5 Å². The van der Waals surface area contributed by atoms with Crippen molar-refractivity contribution >= 4 is 29.5 Å². The molecule has 1 saturated heterocycles.